The lowest BCUT2D eigenvalue weighted by Crippen LogP contribution is -2.24. The highest BCUT2D eigenvalue weighted by Gasteiger charge is 2.11. The minimum absolute atomic E-state index is 0.0623. The van der Waals surface area contributed by atoms with Gasteiger partial charge in [-0.25, -0.2) is 5.43 Å². The number of hydrogen-bond acceptors (Lipinski definition) is 5. The molecule has 0 aliphatic rings. The number of amides is 2. The van der Waals surface area contributed by atoms with Crippen LogP contribution >= 0.6 is 0 Å². The third kappa shape index (κ3) is 6.18. The Labute approximate surface area is 163 Å². The zero-order valence-electron chi connectivity index (χ0n) is 15.7. The summed E-state index contributed by atoms with van der Waals surface area (Å²) in [7, 11) is 1.51. The van der Waals surface area contributed by atoms with E-state index in [1.54, 1.807) is 30.3 Å². The second-order valence-corrected chi connectivity index (χ2v) is 5.76. The molecule has 7 heteroatoms. The molecule has 7 nitrogen and oxygen atoms in total. The summed E-state index contributed by atoms with van der Waals surface area (Å²) in [5, 5.41) is 6.51. The number of carbonyl (C=O) groups is 2. The second kappa shape index (κ2) is 10.4. The third-order valence-electron chi connectivity index (χ3n) is 3.58. The van der Waals surface area contributed by atoms with Crippen molar-refractivity contribution in [2.24, 2.45) is 5.10 Å². The summed E-state index contributed by atoms with van der Waals surface area (Å²) in [5.41, 5.74) is 4.58. The summed E-state index contributed by atoms with van der Waals surface area (Å²) in [4.78, 5) is 23.8. The van der Waals surface area contributed by atoms with Gasteiger partial charge in [-0.1, -0.05) is 29.7 Å². The molecule has 2 aromatic carbocycles. The predicted octanol–water partition coefficient (Wildman–Crippen LogP) is 2.49. The summed E-state index contributed by atoms with van der Waals surface area (Å²) in [6, 6.07) is 12.5. The molecule has 0 aromatic heterocycles. The SMILES string of the molecule is C#CCOc1c(C=NNC(=O)CC(=O)Nc2ccc(C)cc2)cccc1OC. The molecule has 0 spiro atoms. The van der Waals surface area contributed by atoms with E-state index in [1.807, 2.05) is 19.1 Å². The van der Waals surface area contributed by atoms with Gasteiger partial charge in [-0.3, -0.25) is 9.59 Å². The predicted molar refractivity (Wildman–Crippen MR) is 107 cm³/mol. The molecule has 0 saturated heterocycles. The van der Waals surface area contributed by atoms with Crippen LogP contribution in [0.2, 0.25) is 0 Å². The van der Waals surface area contributed by atoms with Crippen molar-refractivity contribution >= 4 is 23.7 Å². The lowest BCUT2D eigenvalue weighted by Gasteiger charge is -2.11. The second-order valence-electron chi connectivity index (χ2n) is 5.76. The average Bonchev–Trinajstić information content (AvgIpc) is 2.68. The van der Waals surface area contributed by atoms with Crippen molar-refractivity contribution in [1.29, 1.82) is 0 Å². The maximum atomic E-state index is 11.9. The van der Waals surface area contributed by atoms with Crippen LogP contribution in [0.4, 0.5) is 5.69 Å². The van der Waals surface area contributed by atoms with E-state index in [0.29, 0.717) is 22.7 Å². The number of nitrogens with zero attached hydrogens (tertiary/aromatic N) is 1. The van der Waals surface area contributed by atoms with Crippen molar-refractivity contribution in [1.82, 2.24) is 5.43 Å². The van der Waals surface area contributed by atoms with Gasteiger partial charge < -0.3 is 14.8 Å². The van der Waals surface area contributed by atoms with Crippen LogP contribution in [-0.4, -0.2) is 31.7 Å². The van der Waals surface area contributed by atoms with Crippen LogP contribution in [0.3, 0.4) is 0 Å². The minimum atomic E-state index is -0.546. The van der Waals surface area contributed by atoms with Gasteiger partial charge in [0, 0.05) is 11.3 Å². The van der Waals surface area contributed by atoms with Crippen molar-refractivity contribution in [2.45, 2.75) is 13.3 Å². The van der Waals surface area contributed by atoms with Gasteiger partial charge in [0.05, 0.1) is 13.3 Å². The average molecular weight is 379 g/mol. The van der Waals surface area contributed by atoms with Gasteiger partial charge in [-0.15, -0.1) is 6.42 Å². The van der Waals surface area contributed by atoms with Crippen LogP contribution in [0.1, 0.15) is 17.5 Å². The number of ether oxygens (including phenoxy) is 2. The first-order chi connectivity index (χ1) is 13.5. The number of hydrogen-bond donors (Lipinski definition) is 2. The van der Waals surface area contributed by atoms with E-state index in [9.17, 15) is 9.59 Å². The topological polar surface area (TPSA) is 89.0 Å². The fourth-order valence-electron chi connectivity index (χ4n) is 2.26. The Bertz CT molecular complexity index is 899. The molecule has 0 saturated carbocycles. The van der Waals surface area contributed by atoms with E-state index >= 15 is 0 Å². The molecular weight excluding hydrogens is 358 g/mol. The van der Waals surface area contributed by atoms with Crippen LogP contribution in [-0.2, 0) is 9.59 Å². The number of hydrazone groups is 1. The molecule has 0 heterocycles. The fraction of sp³-hybridized carbons (Fsp3) is 0.190. The largest absolute Gasteiger partial charge is 0.493 e. The minimum Gasteiger partial charge on any atom is -0.493 e. The van der Waals surface area contributed by atoms with Crippen molar-refractivity contribution in [2.75, 3.05) is 19.0 Å². The number of methoxy groups -OCH3 is 1. The van der Waals surface area contributed by atoms with Crippen molar-refractivity contribution in [3.05, 3.63) is 53.6 Å². The Hall–Kier alpha value is -3.79. The van der Waals surface area contributed by atoms with Crippen molar-refractivity contribution < 1.29 is 19.1 Å². The van der Waals surface area contributed by atoms with Gasteiger partial charge >= 0.3 is 0 Å². The number of benzene rings is 2. The Morgan fingerprint density at radius 3 is 2.61 bits per heavy atom. The highest BCUT2D eigenvalue weighted by Crippen LogP contribution is 2.29. The lowest BCUT2D eigenvalue weighted by molar-refractivity contribution is -0.126. The van der Waals surface area contributed by atoms with Crippen LogP contribution in [0.15, 0.2) is 47.6 Å². The van der Waals surface area contributed by atoms with E-state index < -0.39 is 11.8 Å². The summed E-state index contributed by atoms with van der Waals surface area (Å²) in [6.45, 7) is 2.01. The maximum Gasteiger partial charge on any atom is 0.249 e. The van der Waals surface area contributed by atoms with Crippen molar-refractivity contribution in [3.63, 3.8) is 0 Å². The maximum absolute atomic E-state index is 11.9. The smallest absolute Gasteiger partial charge is 0.249 e. The van der Waals surface area contributed by atoms with E-state index in [0.717, 1.165) is 5.56 Å². The molecule has 0 radical (unpaired) electrons. The number of terminal acetylenes is 1. The number of para-hydroxylation sites is 1. The third-order valence-corrected chi connectivity index (χ3v) is 3.58. The summed E-state index contributed by atoms with van der Waals surface area (Å²) in [5.74, 6) is 2.30. The Balaban J connectivity index is 1.93. The molecule has 0 bridgehead atoms. The van der Waals surface area contributed by atoms with Gasteiger partial charge in [0.1, 0.15) is 13.0 Å². The van der Waals surface area contributed by atoms with Gasteiger partial charge in [-0.05, 0) is 31.2 Å². The molecule has 2 aromatic rings. The molecule has 0 aliphatic carbocycles. The van der Waals surface area contributed by atoms with Crippen LogP contribution in [0, 0.1) is 19.3 Å². The first-order valence-corrected chi connectivity index (χ1v) is 8.45. The van der Waals surface area contributed by atoms with Gasteiger partial charge in [-0.2, -0.15) is 5.10 Å². The molecule has 0 unspecified atom stereocenters. The number of anilines is 1. The Morgan fingerprint density at radius 2 is 1.93 bits per heavy atom. The highest BCUT2D eigenvalue weighted by molar-refractivity contribution is 6.03. The molecule has 144 valence electrons. The van der Waals surface area contributed by atoms with Crippen LogP contribution < -0.4 is 20.2 Å². The summed E-state index contributed by atoms with van der Waals surface area (Å²) >= 11 is 0. The van der Waals surface area contributed by atoms with Crippen molar-refractivity contribution in [3.8, 4) is 23.8 Å². The Morgan fingerprint density at radius 1 is 1.18 bits per heavy atom. The number of nitrogens with one attached hydrogen (secondary N) is 2. The van der Waals surface area contributed by atoms with Gasteiger partial charge in [0.2, 0.25) is 11.8 Å². The van der Waals surface area contributed by atoms with E-state index in [1.165, 1.54) is 13.3 Å². The van der Waals surface area contributed by atoms with E-state index in [2.05, 4.69) is 21.8 Å². The molecule has 2 amide bonds. The number of carbonyl (C=O) groups excluding carboxylic acids is 2. The molecule has 2 N–H and O–H groups in total. The summed E-state index contributed by atoms with van der Waals surface area (Å²) in [6.07, 6.45) is 6.26. The molecule has 0 atom stereocenters. The molecule has 2 rings (SSSR count). The zero-order chi connectivity index (χ0) is 20.4. The first-order valence-electron chi connectivity index (χ1n) is 8.45. The van der Waals surface area contributed by atoms with E-state index in [4.69, 9.17) is 15.9 Å². The number of rotatable bonds is 8. The van der Waals surface area contributed by atoms with E-state index in [-0.39, 0.29) is 13.0 Å². The molecule has 0 fully saturated rings. The van der Waals surface area contributed by atoms with Gasteiger partial charge in [0.15, 0.2) is 11.5 Å². The van der Waals surface area contributed by atoms with Crippen LogP contribution in [0.5, 0.6) is 11.5 Å². The van der Waals surface area contributed by atoms with Crippen LogP contribution in [0.25, 0.3) is 0 Å². The standard InChI is InChI=1S/C21H21N3O4/c1-4-12-28-21-16(6-5-7-18(21)27-3)14-22-24-20(26)13-19(25)23-17-10-8-15(2)9-11-17/h1,5-11,14H,12-13H2,2-3H3,(H,23,25)(H,24,26). The zero-order valence-corrected chi connectivity index (χ0v) is 15.7. The molecule has 28 heavy (non-hydrogen) atoms. The summed E-state index contributed by atoms with van der Waals surface area (Å²) < 4.78 is 10.7. The highest BCUT2D eigenvalue weighted by atomic mass is 16.5. The molecular formula is C21H21N3O4. The first kappa shape index (κ1) is 20.5. The van der Waals surface area contributed by atoms with Gasteiger partial charge in [0.25, 0.3) is 0 Å². The normalized spacial score (nSPS) is 10.2. The Kier molecular flexibility index (Phi) is 7.61. The quantitative estimate of drug-likeness (QED) is 0.319. The molecule has 0 aliphatic heterocycles. The number of aryl methyl sites for hydroxylation is 1. The fourth-order valence-corrected chi connectivity index (χ4v) is 2.26. The lowest BCUT2D eigenvalue weighted by atomic mass is 10.2. The monoisotopic (exact) mass is 379 g/mol.